The minimum atomic E-state index is 0.0448. The van der Waals surface area contributed by atoms with Crippen molar-refractivity contribution in [3.63, 3.8) is 0 Å². The lowest BCUT2D eigenvalue weighted by Gasteiger charge is -2.17. The summed E-state index contributed by atoms with van der Waals surface area (Å²) in [5, 5.41) is 0.839. The van der Waals surface area contributed by atoms with E-state index in [0.29, 0.717) is 12.3 Å². The molecule has 0 saturated carbocycles. The van der Waals surface area contributed by atoms with Crippen LogP contribution in [0.2, 0.25) is 0 Å². The number of hydrogen-bond donors (Lipinski definition) is 0. The lowest BCUT2D eigenvalue weighted by Crippen LogP contribution is -2.27. The number of rotatable bonds is 6. The number of fused-ring (bicyclic) bond motifs is 1. The van der Waals surface area contributed by atoms with Crippen molar-refractivity contribution in [3.8, 4) is 0 Å². The molecule has 4 nitrogen and oxygen atoms in total. The maximum atomic E-state index is 12.4. The normalized spacial score (nSPS) is 10.7. The number of nitrogens with zero attached hydrogens (tertiary/aromatic N) is 3. The van der Waals surface area contributed by atoms with E-state index in [2.05, 4.69) is 16.1 Å². The van der Waals surface area contributed by atoms with E-state index in [1.807, 2.05) is 60.7 Å². The number of carbonyl (C=O) groups is 1. The molecule has 3 aromatic rings. The van der Waals surface area contributed by atoms with E-state index in [1.54, 1.807) is 11.9 Å². The summed E-state index contributed by atoms with van der Waals surface area (Å²) in [6.45, 7) is 4.49. The smallest absolute Gasteiger partial charge is 0.237 e. The topological polar surface area (TPSA) is 38.1 Å². The van der Waals surface area contributed by atoms with Gasteiger partial charge in [0.05, 0.1) is 16.8 Å². The maximum absolute atomic E-state index is 12.4. The van der Waals surface area contributed by atoms with Gasteiger partial charge in [-0.15, -0.1) is 6.58 Å². The molecule has 0 bridgehead atoms. The minimum absolute atomic E-state index is 0.0448. The van der Waals surface area contributed by atoms with Gasteiger partial charge in [-0.1, -0.05) is 48.2 Å². The fourth-order valence-corrected chi connectivity index (χ4v) is 3.43. The average molecular weight is 337 g/mol. The Morgan fingerprint density at radius 1 is 1.21 bits per heavy atom. The molecule has 0 aliphatic rings. The van der Waals surface area contributed by atoms with Crippen LogP contribution >= 0.6 is 11.8 Å². The largest absolute Gasteiger partial charge is 0.315 e. The molecule has 122 valence electrons. The highest BCUT2D eigenvalue weighted by molar-refractivity contribution is 7.99. The van der Waals surface area contributed by atoms with Gasteiger partial charge in [-0.2, -0.15) is 0 Å². The lowest BCUT2D eigenvalue weighted by molar-refractivity contribution is -0.115. The van der Waals surface area contributed by atoms with Crippen molar-refractivity contribution in [2.75, 3.05) is 17.7 Å². The minimum Gasteiger partial charge on any atom is -0.315 e. The van der Waals surface area contributed by atoms with Gasteiger partial charge in [0.25, 0.3) is 0 Å². The standard InChI is InChI=1S/C19H19N3OS/c1-3-13-22-17-12-8-7-11-16(17)20-19(22)24-14-18(23)21(2)15-9-5-4-6-10-15/h3-12H,1,13-14H2,2H3. The van der Waals surface area contributed by atoms with E-state index < -0.39 is 0 Å². The monoisotopic (exact) mass is 337 g/mol. The molecule has 0 N–H and O–H groups in total. The van der Waals surface area contributed by atoms with Crippen LogP contribution in [0.25, 0.3) is 11.0 Å². The summed E-state index contributed by atoms with van der Waals surface area (Å²) in [4.78, 5) is 18.8. The second kappa shape index (κ2) is 7.36. The molecule has 0 saturated heterocycles. The fourth-order valence-electron chi connectivity index (χ4n) is 2.49. The molecule has 2 aromatic carbocycles. The van der Waals surface area contributed by atoms with Crippen molar-refractivity contribution in [1.29, 1.82) is 0 Å². The van der Waals surface area contributed by atoms with E-state index >= 15 is 0 Å². The molecule has 0 spiro atoms. The number of benzene rings is 2. The number of anilines is 1. The van der Waals surface area contributed by atoms with Gasteiger partial charge in [0.2, 0.25) is 5.91 Å². The maximum Gasteiger partial charge on any atom is 0.237 e. The number of allylic oxidation sites excluding steroid dienone is 1. The summed E-state index contributed by atoms with van der Waals surface area (Å²) in [5.74, 6) is 0.384. The lowest BCUT2D eigenvalue weighted by atomic mass is 10.3. The van der Waals surface area contributed by atoms with Crippen molar-refractivity contribution in [3.05, 3.63) is 67.3 Å². The number of thioether (sulfide) groups is 1. The molecule has 0 radical (unpaired) electrons. The van der Waals surface area contributed by atoms with Crippen molar-refractivity contribution in [2.24, 2.45) is 0 Å². The van der Waals surface area contributed by atoms with Gasteiger partial charge < -0.3 is 9.47 Å². The van der Waals surface area contributed by atoms with E-state index in [-0.39, 0.29) is 5.91 Å². The van der Waals surface area contributed by atoms with Crippen LogP contribution in [-0.4, -0.2) is 28.3 Å². The summed E-state index contributed by atoms with van der Waals surface area (Å²) in [6.07, 6.45) is 1.84. The number of imidazole rings is 1. The van der Waals surface area contributed by atoms with Crippen LogP contribution in [-0.2, 0) is 11.3 Å². The van der Waals surface area contributed by atoms with Crippen molar-refractivity contribution < 1.29 is 4.79 Å². The molecule has 0 fully saturated rings. The van der Waals surface area contributed by atoms with Gasteiger partial charge in [0.1, 0.15) is 0 Å². The second-order valence-electron chi connectivity index (χ2n) is 5.36. The molecule has 1 aromatic heterocycles. The van der Waals surface area contributed by atoms with Gasteiger partial charge in [-0.3, -0.25) is 4.79 Å². The SMILES string of the molecule is C=CCn1c(SCC(=O)N(C)c2ccccc2)nc2ccccc21. The zero-order chi connectivity index (χ0) is 16.9. The summed E-state index contributed by atoms with van der Waals surface area (Å²) >= 11 is 1.46. The van der Waals surface area contributed by atoms with Gasteiger partial charge in [-0.05, 0) is 24.3 Å². The summed E-state index contributed by atoms with van der Waals surface area (Å²) < 4.78 is 2.09. The molecular weight excluding hydrogens is 318 g/mol. The van der Waals surface area contributed by atoms with Gasteiger partial charge in [0.15, 0.2) is 5.16 Å². The number of para-hydroxylation sites is 3. The number of carbonyl (C=O) groups excluding carboxylic acids is 1. The van der Waals surface area contributed by atoms with Crippen molar-refractivity contribution >= 4 is 34.4 Å². The Bertz CT molecular complexity index is 857. The summed E-state index contributed by atoms with van der Waals surface area (Å²) in [6, 6.07) is 17.6. The highest BCUT2D eigenvalue weighted by atomic mass is 32.2. The van der Waals surface area contributed by atoms with Gasteiger partial charge in [0, 0.05) is 19.3 Å². The van der Waals surface area contributed by atoms with E-state index in [0.717, 1.165) is 21.9 Å². The van der Waals surface area contributed by atoms with E-state index in [1.165, 1.54) is 11.8 Å². The highest BCUT2D eigenvalue weighted by Crippen LogP contribution is 2.25. The molecule has 5 heteroatoms. The third-order valence-corrected chi connectivity index (χ3v) is 4.73. The van der Waals surface area contributed by atoms with Crippen LogP contribution in [0.5, 0.6) is 0 Å². The predicted molar refractivity (Wildman–Crippen MR) is 101 cm³/mol. The van der Waals surface area contributed by atoms with Crippen molar-refractivity contribution in [1.82, 2.24) is 9.55 Å². The fraction of sp³-hybridized carbons (Fsp3) is 0.158. The first-order chi connectivity index (χ1) is 11.7. The Kier molecular flexibility index (Phi) is 5.01. The van der Waals surface area contributed by atoms with Gasteiger partial charge in [-0.25, -0.2) is 4.98 Å². The quantitative estimate of drug-likeness (QED) is 0.504. The molecule has 1 amide bonds. The van der Waals surface area contributed by atoms with Crippen LogP contribution in [0.1, 0.15) is 0 Å². The van der Waals surface area contributed by atoms with Crippen LogP contribution in [0, 0.1) is 0 Å². The number of hydrogen-bond acceptors (Lipinski definition) is 3. The first kappa shape index (κ1) is 16.3. The van der Waals surface area contributed by atoms with Crippen molar-refractivity contribution in [2.45, 2.75) is 11.7 Å². The van der Waals surface area contributed by atoms with Gasteiger partial charge >= 0.3 is 0 Å². The van der Waals surface area contributed by atoms with E-state index in [9.17, 15) is 4.79 Å². The molecule has 0 atom stereocenters. The average Bonchev–Trinajstić information content (AvgIpc) is 2.98. The molecule has 1 heterocycles. The summed E-state index contributed by atoms with van der Waals surface area (Å²) in [5.41, 5.74) is 2.89. The van der Waals surface area contributed by atoms with Crippen LogP contribution < -0.4 is 4.90 Å². The zero-order valence-corrected chi connectivity index (χ0v) is 14.4. The first-order valence-electron chi connectivity index (χ1n) is 7.71. The second-order valence-corrected chi connectivity index (χ2v) is 6.30. The zero-order valence-electron chi connectivity index (χ0n) is 13.6. The summed E-state index contributed by atoms with van der Waals surface area (Å²) in [7, 11) is 1.80. The Balaban J connectivity index is 1.76. The number of amides is 1. The van der Waals surface area contributed by atoms with Crippen LogP contribution in [0.3, 0.4) is 0 Å². The Morgan fingerprint density at radius 3 is 2.67 bits per heavy atom. The van der Waals surface area contributed by atoms with E-state index in [4.69, 9.17) is 0 Å². The molecule has 0 aliphatic carbocycles. The highest BCUT2D eigenvalue weighted by Gasteiger charge is 2.15. The molecular formula is C19H19N3OS. The van der Waals surface area contributed by atoms with Crippen LogP contribution in [0.15, 0.2) is 72.4 Å². The predicted octanol–water partition coefficient (Wildman–Crippen LogP) is 3.98. The molecule has 0 unspecified atom stereocenters. The Labute approximate surface area is 145 Å². The molecule has 0 aliphatic heterocycles. The number of aromatic nitrogens is 2. The first-order valence-corrected chi connectivity index (χ1v) is 8.70. The van der Waals surface area contributed by atoms with Crippen LogP contribution in [0.4, 0.5) is 5.69 Å². The molecule has 24 heavy (non-hydrogen) atoms. The Morgan fingerprint density at radius 2 is 1.92 bits per heavy atom. The Hall–Kier alpha value is -2.53. The molecule has 3 rings (SSSR count). The third kappa shape index (κ3) is 3.36. The third-order valence-electron chi connectivity index (χ3n) is 3.77.